The van der Waals surface area contributed by atoms with Gasteiger partial charge in [-0.1, -0.05) is 26.8 Å². The molecule has 0 radical (unpaired) electrons. The molecule has 19 heavy (non-hydrogen) atoms. The molecule has 0 saturated heterocycles. The Bertz CT molecular complexity index is 680. The van der Waals surface area contributed by atoms with Gasteiger partial charge in [-0.25, -0.2) is 4.57 Å². The minimum absolute atomic E-state index is 0.0282. The van der Waals surface area contributed by atoms with Gasteiger partial charge < -0.3 is 4.57 Å². The Morgan fingerprint density at radius 3 is 2.37 bits per heavy atom. The van der Waals surface area contributed by atoms with Gasteiger partial charge in [0.1, 0.15) is 13.3 Å². The Balaban J connectivity index is 2.97. The number of benzene rings is 1. The van der Waals surface area contributed by atoms with E-state index in [9.17, 15) is 4.57 Å². The van der Waals surface area contributed by atoms with Crippen molar-refractivity contribution in [2.24, 2.45) is 7.05 Å². The zero-order valence-electron chi connectivity index (χ0n) is 12.6. The first-order valence-electron chi connectivity index (χ1n) is 6.45. The van der Waals surface area contributed by atoms with Crippen molar-refractivity contribution in [3.05, 3.63) is 30.2 Å². The van der Waals surface area contributed by atoms with E-state index in [1.165, 1.54) is 0 Å². The molecule has 2 rings (SSSR count). The van der Waals surface area contributed by atoms with Crippen molar-refractivity contribution in [1.29, 1.82) is 0 Å². The van der Waals surface area contributed by atoms with Crippen LogP contribution in [0.5, 0.6) is 0 Å². The van der Waals surface area contributed by atoms with Crippen molar-refractivity contribution in [3.8, 4) is 0 Å². The molecule has 0 amide bonds. The summed E-state index contributed by atoms with van der Waals surface area (Å²) < 4.78 is 14.7. The maximum atomic E-state index is 12.8. The van der Waals surface area contributed by atoms with Gasteiger partial charge in [0.15, 0.2) is 5.52 Å². The van der Waals surface area contributed by atoms with E-state index in [2.05, 4.69) is 31.8 Å². The maximum absolute atomic E-state index is 12.8. The van der Waals surface area contributed by atoms with Crippen molar-refractivity contribution in [2.75, 3.05) is 13.3 Å². The Labute approximate surface area is 115 Å². The third-order valence-electron chi connectivity index (χ3n) is 3.25. The summed E-state index contributed by atoms with van der Waals surface area (Å²) >= 11 is 0. The van der Waals surface area contributed by atoms with Crippen molar-refractivity contribution in [1.82, 2.24) is 4.98 Å². The first-order valence-corrected chi connectivity index (χ1v) is 9.05. The molecule has 3 nitrogen and oxygen atoms in total. The highest BCUT2D eigenvalue weighted by atomic mass is 31.2. The van der Waals surface area contributed by atoms with E-state index in [1.54, 1.807) is 6.33 Å². The van der Waals surface area contributed by atoms with Crippen LogP contribution in [0.2, 0.25) is 0 Å². The topological polar surface area (TPSA) is 33.8 Å². The molecule has 1 aromatic carbocycles. The Morgan fingerprint density at radius 1 is 1.21 bits per heavy atom. The molecule has 0 unspecified atom stereocenters. The maximum Gasteiger partial charge on any atom is 0.286 e. The Hall–Kier alpha value is -1.21. The fourth-order valence-electron chi connectivity index (χ4n) is 2.41. The average molecular weight is 277 g/mol. The lowest BCUT2D eigenvalue weighted by Crippen LogP contribution is -2.30. The van der Waals surface area contributed by atoms with E-state index in [4.69, 9.17) is 0 Å². The van der Waals surface area contributed by atoms with Gasteiger partial charge in [-0.05, 0) is 35.4 Å². The first-order chi connectivity index (χ1) is 8.60. The van der Waals surface area contributed by atoms with Crippen LogP contribution in [0.3, 0.4) is 0 Å². The molecule has 0 saturated carbocycles. The lowest BCUT2D eigenvalue weighted by molar-refractivity contribution is -0.673. The minimum atomic E-state index is -2.37. The molecule has 1 heterocycles. The van der Waals surface area contributed by atoms with Crippen LogP contribution < -0.4 is 9.87 Å². The molecule has 0 aliphatic rings. The molecule has 4 heteroatoms. The normalized spacial score (nSPS) is 12.9. The Kier molecular flexibility index (Phi) is 3.30. The molecule has 0 aliphatic carbocycles. The van der Waals surface area contributed by atoms with Crippen LogP contribution in [0.4, 0.5) is 0 Å². The van der Waals surface area contributed by atoms with Gasteiger partial charge in [0.2, 0.25) is 0 Å². The summed E-state index contributed by atoms with van der Waals surface area (Å²) in [5.41, 5.74) is 2.03. The summed E-state index contributed by atoms with van der Waals surface area (Å²) in [4.78, 5) is 4.42. The molecule has 0 atom stereocenters. The van der Waals surface area contributed by atoms with E-state index in [0.717, 1.165) is 21.8 Å². The second kappa shape index (κ2) is 4.42. The summed E-state index contributed by atoms with van der Waals surface area (Å²) in [6, 6.07) is 4.10. The van der Waals surface area contributed by atoms with Crippen molar-refractivity contribution >= 4 is 23.3 Å². The fourth-order valence-corrected chi connectivity index (χ4v) is 4.16. The van der Waals surface area contributed by atoms with Crippen LogP contribution in [0.15, 0.2) is 24.7 Å². The van der Waals surface area contributed by atoms with Gasteiger partial charge in [-0.3, -0.25) is 0 Å². The fraction of sp³-hybridized carbons (Fsp3) is 0.467. The third kappa shape index (κ3) is 2.71. The summed E-state index contributed by atoms with van der Waals surface area (Å²) in [7, 11) is -0.430. The number of hydrogen-bond donors (Lipinski definition) is 0. The highest BCUT2D eigenvalue weighted by Gasteiger charge is 2.28. The second-order valence-corrected chi connectivity index (χ2v) is 9.68. The Morgan fingerprint density at radius 2 is 1.84 bits per heavy atom. The van der Waals surface area contributed by atoms with E-state index >= 15 is 0 Å². The molecule has 0 N–H and O–H groups in total. The molecular formula is C15H22N2OP+. The van der Waals surface area contributed by atoms with E-state index in [0.29, 0.717) is 0 Å². The highest BCUT2D eigenvalue weighted by molar-refractivity contribution is 7.70. The van der Waals surface area contributed by atoms with Crippen LogP contribution in [-0.4, -0.2) is 18.3 Å². The molecule has 0 spiro atoms. The van der Waals surface area contributed by atoms with Crippen LogP contribution >= 0.6 is 7.14 Å². The van der Waals surface area contributed by atoms with Gasteiger partial charge in [-0.15, -0.1) is 0 Å². The molecule has 0 fully saturated rings. The van der Waals surface area contributed by atoms with Crippen molar-refractivity contribution in [2.45, 2.75) is 26.2 Å². The molecular weight excluding hydrogens is 255 g/mol. The van der Waals surface area contributed by atoms with Crippen molar-refractivity contribution < 1.29 is 9.13 Å². The zero-order valence-corrected chi connectivity index (χ0v) is 13.5. The number of fused-ring (bicyclic) bond motifs is 1. The predicted octanol–water partition coefficient (Wildman–Crippen LogP) is 2.60. The molecule has 2 aromatic rings. The van der Waals surface area contributed by atoms with Crippen LogP contribution in [-0.2, 0) is 17.0 Å². The number of aryl methyl sites for hydroxylation is 1. The highest BCUT2D eigenvalue weighted by Crippen LogP contribution is 2.41. The van der Waals surface area contributed by atoms with Crippen LogP contribution in [0.1, 0.15) is 26.3 Å². The monoisotopic (exact) mass is 277 g/mol. The first kappa shape index (κ1) is 14.2. The summed E-state index contributed by atoms with van der Waals surface area (Å²) in [6.07, 6.45) is 3.80. The van der Waals surface area contributed by atoms with Crippen LogP contribution in [0.25, 0.3) is 10.9 Å². The predicted molar refractivity (Wildman–Crippen MR) is 80.7 cm³/mol. The second-order valence-electron chi connectivity index (χ2n) is 6.53. The number of hydrogen-bond acceptors (Lipinski definition) is 2. The number of nitrogens with zero attached hydrogens (tertiary/aromatic N) is 2. The van der Waals surface area contributed by atoms with E-state index < -0.39 is 7.14 Å². The van der Waals surface area contributed by atoms with Crippen LogP contribution in [0, 0.1) is 0 Å². The molecule has 0 bridgehead atoms. The minimum Gasteiger partial charge on any atom is -0.319 e. The van der Waals surface area contributed by atoms with Gasteiger partial charge in [0.05, 0.1) is 12.4 Å². The van der Waals surface area contributed by atoms with Gasteiger partial charge >= 0.3 is 0 Å². The lowest BCUT2D eigenvalue weighted by Gasteiger charge is -2.25. The summed E-state index contributed by atoms with van der Waals surface area (Å²) in [6.45, 7) is 10.1. The largest absolute Gasteiger partial charge is 0.319 e. The quantitative estimate of drug-likeness (QED) is 0.593. The number of aromatic nitrogens is 2. The molecule has 0 aliphatic heterocycles. The average Bonchev–Trinajstić information content (AvgIpc) is 2.24. The van der Waals surface area contributed by atoms with Gasteiger partial charge in [0.25, 0.3) is 6.33 Å². The molecule has 102 valence electrons. The summed E-state index contributed by atoms with van der Waals surface area (Å²) in [5.74, 6) is 0. The van der Waals surface area contributed by atoms with E-state index in [1.807, 2.05) is 37.2 Å². The number of rotatable bonds is 1. The smallest absolute Gasteiger partial charge is 0.286 e. The summed E-state index contributed by atoms with van der Waals surface area (Å²) in [5, 5.41) is 1.98. The SMILES string of the molecule is C[n+]1cnc2ccc(C(C)(C)C)c(P(C)(C)=O)c2c1. The lowest BCUT2D eigenvalue weighted by atomic mass is 9.86. The van der Waals surface area contributed by atoms with E-state index in [-0.39, 0.29) is 5.41 Å². The van der Waals surface area contributed by atoms with Gasteiger partial charge in [0, 0.05) is 5.30 Å². The van der Waals surface area contributed by atoms with Gasteiger partial charge in [-0.2, -0.15) is 0 Å². The zero-order chi connectivity index (χ0) is 14.4. The molecule has 1 aromatic heterocycles. The van der Waals surface area contributed by atoms with Crippen molar-refractivity contribution in [3.63, 3.8) is 0 Å². The standard InChI is InChI=1S/C15H22N2OP/c1-15(2,3)12-7-8-13-11(9-17(4)10-16-13)14(12)19(5,6)18/h7-10H,1-6H3/q+1. The third-order valence-corrected chi connectivity index (χ3v) is 4.81.